The number of hydrogen-bond donors (Lipinski definition) is 3. The van der Waals surface area contributed by atoms with Gasteiger partial charge in [0, 0.05) is 24.8 Å². The van der Waals surface area contributed by atoms with Crippen molar-refractivity contribution in [2.45, 2.75) is 19.5 Å². The molecule has 6 heteroatoms. The summed E-state index contributed by atoms with van der Waals surface area (Å²) in [4.78, 5) is 12.6. The van der Waals surface area contributed by atoms with E-state index in [1.165, 1.54) is 6.33 Å². The Labute approximate surface area is 112 Å². The molecule has 0 radical (unpaired) electrons. The molecule has 1 atom stereocenters. The van der Waals surface area contributed by atoms with E-state index in [1.54, 1.807) is 6.20 Å². The van der Waals surface area contributed by atoms with Crippen LogP contribution in [0.15, 0.2) is 36.8 Å². The molecule has 0 aliphatic heterocycles. The van der Waals surface area contributed by atoms with Crippen LogP contribution in [-0.2, 0) is 6.54 Å². The van der Waals surface area contributed by atoms with Gasteiger partial charge in [-0.1, -0.05) is 6.07 Å². The Morgan fingerprint density at radius 1 is 1.21 bits per heavy atom. The molecular formula is C13H18N6. The van der Waals surface area contributed by atoms with Gasteiger partial charge in [0.25, 0.3) is 0 Å². The first-order valence-electron chi connectivity index (χ1n) is 6.20. The predicted octanol–water partition coefficient (Wildman–Crippen LogP) is 1.24. The van der Waals surface area contributed by atoms with Gasteiger partial charge in [-0.2, -0.15) is 0 Å². The highest BCUT2D eigenvalue weighted by atomic mass is 15.1. The highest BCUT2D eigenvalue weighted by molar-refractivity contribution is 5.47. The Morgan fingerprint density at radius 2 is 2.05 bits per heavy atom. The number of pyridine rings is 1. The molecule has 0 aliphatic rings. The SMILES string of the molecule is CC(CN)Nc1cc(NCc2ccccn2)ncn1. The summed E-state index contributed by atoms with van der Waals surface area (Å²) >= 11 is 0. The molecule has 0 amide bonds. The number of nitrogens with one attached hydrogen (secondary N) is 2. The van der Waals surface area contributed by atoms with E-state index in [-0.39, 0.29) is 6.04 Å². The predicted molar refractivity (Wildman–Crippen MR) is 75.7 cm³/mol. The smallest absolute Gasteiger partial charge is 0.131 e. The van der Waals surface area contributed by atoms with E-state index in [0.29, 0.717) is 13.1 Å². The number of hydrogen-bond acceptors (Lipinski definition) is 6. The molecule has 2 rings (SSSR count). The summed E-state index contributed by atoms with van der Waals surface area (Å²) in [7, 11) is 0. The van der Waals surface area contributed by atoms with Crippen LogP contribution in [0.1, 0.15) is 12.6 Å². The third-order valence-electron chi connectivity index (χ3n) is 2.59. The summed E-state index contributed by atoms with van der Waals surface area (Å²) in [5.41, 5.74) is 6.53. The maximum absolute atomic E-state index is 5.56. The van der Waals surface area contributed by atoms with Crippen molar-refractivity contribution in [3.63, 3.8) is 0 Å². The van der Waals surface area contributed by atoms with Crippen LogP contribution in [0.3, 0.4) is 0 Å². The molecule has 0 saturated carbocycles. The summed E-state index contributed by atoms with van der Waals surface area (Å²) in [6, 6.07) is 7.85. The summed E-state index contributed by atoms with van der Waals surface area (Å²) < 4.78 is 0. The Morgan fingerprint density at radius 3 is 2.79 bits per heavy atom. The lowest BCUT2D eigenvalue weighted by molar-refractivity contribution is 0.797. The highest BCUT2D eigenvalue weighted by Gasteiger charge is 2.02. The fourth-order valence-corrected chi connectivity index (χ4v) is 1.53. The van der Waals surface area contributed by atoms with Crippen LogP contribution in [-0.4, -0.2) is 27.5 Å². The summed E-state index contributed by atoms with van der Waals surface area (Å²) in [6.07, 6.45) is 3.29. The van der Waals surface area contributed by atoms with Crippen LogP contribution in [0, 0.1) is 0 Å². The van der Waals surface area contributed by atoms with Crippen LogP contribution in [0.2, 0.25) is 0 Å². The minimum absolute atomic E-state index is 0.179. The van der Waals surface area contributed by atoms with Gasteiger partial charge in [-0.25, -0.2) is 9.97 Å². The van der Waals surface area contributed by atoms with Crippen LogP contribution in [0.4, 0.5) is 11.6 Å². The van der Waals surface area contributed by atoms with Gasteiger partial charge >= 0.3 is 0 Å². The van der Waals surface area contributed by atoms with Gasteiger partial charge in [-0.05, 0) is 19.1 Å². The van der Waals surface area contributed by atoms with Gasteiger partial charge in [0.1, 0.15) is 18.0 Å². The standard InChI is InChI=1S/C13H18N6/c1-10(7-14)19-13-6-12(17-9-18-13)16-8-11-4-2-3-5-15-11/h2-6,9-10H,7-8,14H2,1H3,(H2,16,17,18,19). The minimum Gasteiger partial charge on any atom is -0.366 e. The molecule has 0 fully saturated rings. The van der Waals surface area contributed by atoms with Crippen LogP contribution in [0.25, 0.3) is 0 Å². The number of aromatic nitrogens is 3. The van der Waals surface area contributed by atoms with Crippen molar-refractivity contribution >= 4 is 11.6 Å². The zero-order valence-electron chi connectivity index (χ0n) is 10.9. The van der Waals surface area contributed by atoms with Gasteiger partial charge in [0.05, 0.1) is 12.2 Å². The normalized spacial score (nSPS) is 11.9. The van der Waals surface area contributed by atoms with E-state index < -0.39 is 0 Å². The number of anilines is 2. The highest BCUT2D eigenvalue weighted by Crippen LogP contribution is 2.10. The molecule has 100 valence electrons. The van der Waals surface area contributed by atoms with Crippen LogP contribution < -0.4 is 16.4 Å². The quantitative estimate of drug-likeness (QED) is 0.722. The third-order valence-corrected chi connectivity index (χ3v) is 2.59. The molecular weight excluding hydrogens is 240 g/mol. The van der Waals surface area contributed by atoms with E-state index in [9.17, 15) is 0 Å². The fourth-order valence-electron chi connectivity index (χ4n) is 1.53. The maximum Gasteiger partial charge on any atom is 0.131 e. The molecule has 6 nitrogen and oxygen atoms in total. The fraction of sp³-hybridized carbons (Fsp3) is 0.308. The van der Waals surface area contributed by atoms with E-state index in [1.807, 2.05) is 31.2 Å². The molecule has 2 aromatic heterocycles. The largest absolute Gasteiger partial charge is 0.366 e. The van der Waals surface area contributed by atoms with Crippen molar-refractivity contribution in [3.05, 3.63) is 42.5 Å². The lowest BCUT2D eigenvalue weighted by Crippen LogP contribution is -2.25. The summed E-state index contributed by atoms with van der Waals surface area (Å²) in [5, 5.41) is 6.41. The molecule has 2 heterocycles. The second kappa shape index (κ2) is 6.65. The van der Waals surface area contributed by atoms with Crippen molar-refractivity contribution in [2.75, 3.05) is 17.2 Å². The van der Waals surface area contributed by atoms with E-state index in [2.05, 4.69) is 25.6 Å². The summed E-state index contributed by atoms with van der Waals surface area (Å²) in [6.45, 7) is 3.19. The molecule has 2 aromatic rings. The Bertz CT molecular complexity index is 501. The zero-order chi connectivity index (χ0) is 13.5. The number of nitrogens with two attached hydrogens (primary N) is 1. The molecule has 0 spiro atoms. The van der Waals surface area contributed by atoms with Crippen molar-refractivity contribution in [3.8, 4) is 0 Å². The zero-order valence-corrected chi connectivity index (χ0v) is 10.9. The molecule has 1 unspecified atom stereocenters. The molecule has 0 aliphatic carbocycles. The Balaban J connectivity index is 1.95. The van der Waals surface area contributed by atoms with Crippen molar-refractivity contribution in [1.82, 2.24) is 15.0 Å². The van der Waals surface area contributed by atoms with Gasteiger partial charge in [0.2, 0.25) is 0 Å². The van der Waals surface area contributed by atoms with E-state index in [4.69, 9.17) is 5.73 Å². The first-order valence-corrected chi connectivity index (χ1v) is 6.20. The molecule has 0 bridgehead atoms. The first-order chi connectivity index (χ1) is 9.28. The lowest BCUT2D eigenvalue weighted by Gasteiger charge is -2.12. The van der Waals surface area contributed by atoms with Gasteiger partial charge < -0.3 is 16.4 Å². The lowest BCUT2D eigenvalue weighted by atomic mass is 10.3. The van der Waals surface area contributed by atoms with Gasteiger partial charge in [-0.15, -0.1) is 0 Å². The molecule has 0 saturated heterocycles. The Hall–Kier alpha value is -2.21. The second-order valence-corrected chi connectivity index (χ2v) is 4.24. The average molecular weight is 258 g/mol. The summed E-state index contributed by atoms with van der Waals surface area (Å²) in [5.74, 6) is 1.52. The van der Waals surface area contributed by atoms with E-state index in [0.717, 1.165) is 17.3 Å². The van der Waals surface area contributed by atoms with Gasteiger partial charge in [-0.3, -0.25) is 4.98 Å². The van der Waals surface area contributed by atoms with Crippen LogP contribution in [0.5, 0.6) is 0 Å². The minimum atomic E-state index is 0.179. The van der Waals surface area contributed by atoms with Crippen LogP contribution >= 0.6 is 0 Å². The Kier molecular flexibility index (Phi) is 4.63. The maximum atomic E-state index is 5.56. The molecule has 19 heavy (non-hydrogen) atoms. The second-order valence-electron chi connectivity index (χ2n) is 4.24. The topological polar surface area (TPSA) is 88.8 Å². The number of nitrogens with zero attached hydrogens (tertiary/aromatic N) is 3. The van der Waals surface area contributed by atoms with Crippen molar-refractivity contribution in [1.29, 1.82) is 0 Å². The first kappa shape index (κ1) is 13.2. The van der Waals surface area contributed by atoms with Gasteiger partial charge in [0.15, 0.2) is 0 Å². The van der Waals surface area contributed by atoms with Crippen molar-refractivity contribution < 1.29 is 0 Å². The number of rotatable bonds is 6. The molecule has 4 N–H and O–H groups in total. The monoisotopic (exact) mass is 258 g/mol. The molecule has 0 aromatic carbocycles. The van der Waals surface area contributed by atoms with E-state index >= 15 is 0 Å². The van der Waals surface area contributed by atoms with Crippen molar-refractivity contribution in [2.24, 2.45) is 5.73 Å². The average Bonchev–Trinajstić information content (AvgIpc) is 2.46. The third kappa shape index (κ3) is 4.18.